The summed E-state index contributed by atoms with van der Waals surface area (Å²) in [5.74, 6) is -6.37. The summed E-state index contributed by atoms with van der Waals surface area (Å²) in [6.07, 6.45) is 5.85. The van der Waals surface area contributed by atoms with Crippen LogP contribution in [0.15, 0.2) is 47.4 Å². The second kappa shape index (κ2) is 11.2. The first-order valence-corrected chi connectivity index (χ1v) is 14.4. The molecule has 1 saturated carbocycles. The summed E-state index contributed by atoms with van der Waals surface area (Å²) in [5.41, 5.74) is 5.05. The van der Waals surface area contributed by atoms with Crippen LogP contribution in [0.5, 0.6) is 5.75 Å². The minimum atomic E-state index is -4.45. The number of alkyl halides is 2. The zero-order chi connectivity index (χ0) is 26.8. The van der Waals surface area contributed by atoms with Crippen molar-refractivity contribution in [2.24, 2.45) is 16.8 Å². The van der Waals surface area contributed by atoms with Crippen LogP contribution >= 0.6 is 11.6 Å². The topological polar surface area (TPSA) is 116 Å². The molecule has 4 N–H and O–H groups in total. The fraction of sp³-hybridized carbons (Fsp3) is 0.500. The number of hydrogen-bond acceptors (Lipinski definition) is 5. The highest BCUT2D eigenvalue weighted by atomic mass is 35.5. The van der Waals surface area contributed by atoms with Gasteiger partial charge in [0.15, 0.2) is 0 Å². The zero-order valence-corrected chi connectivity index (χ0v) is 22.0. The number of amides is 1. The van der Waals surface area contributed by atoms with Gasteiger partial charge in [0, 0.05) is 29.7 Å². The smallest absolute Gasteiger partial charge is 0.288 e. The maximum absolute atomic E-state index is 16.2. The molecule has 37 heavy (non-hydrogen) atoms. The number of hydrogen-bond donors (Lipinski definition) is 2. The summed E-state index contributed by atoms with van der Waals surface area (Å²) < 4.78 is 63.4. The standard InChI is InChI=1S/C26H32ClF2N3O4S/c27-19-8-6-18(7-9-19)26(28,29)24(25(33)32-13-12-20(30)15-32)22-14-21(10-11-23(22)37(31,34)35)36-16-17-4-2-1-3-5-17/h6-11,14,17,20,24H,1-5,12-13,15-16,30H2,(H2,31,34,35)/t20-,24+/m1/s1. The molecule has 0 unspecified atom stereocenters. The zero-order valence-electron chi connectivity index (χ0n) is 20.4. The molecule has 1 amide bonds. The van der Waals surface area contributed by atoms with Crippen molar-refractivity contribution in [2.75, 3.05) is 19.7 Å². The number of sulfonamides is 1. The lowest BCUT2D eigenvalue weighted by atomic mass is 9.86. The molecule has 11 heteroatoms. The van der Waals surface area contributed by atoms with Crippen LogP contribution in [0.25, 0.3) is 0 Å². The van der Waals surface area contributed by atoms with E-state index in [1.165, 1.54) is 35.6 Å². The molecule has 0 aromatic heterocycles. The van der Waals surface area contributed by atoms with E-state index in [0.717, 1.165) is 43.9 Å². The molecule has 1 saturated heterocycles. The molecule has 0 bridgehead atoms. The number of nitrogens with two attached hydrogens (primary N) is 2. The van der Waals surface area contributed by atoms with Crippen molar-refractivity contribution >= 4 is 27.5 Å². The summed E-state index contributed by atoms with van der Waals surface area (Å²) in [4.78, 5) is 14.4. The molecule has 202 valence electrons. The van der Waals surface area contributed by atoms with Gasteiger partial charge in [-0.25, -0.2) is 22.3 Å². The fourth-order valence-corrected chi connectivity index (χ4v) is 6.05. The Morgan fingerprint density at radius 1 is 1.11 bits per heavy atom. The highest BCUT2D eigenvalue weighted by Crippen LogP contribution is 2.46. The van der Waals surface area contributed by atoms with Crippen LogP contribution in [0.2, 0.25) is 5.02 Å². The number of likely N-dealkylation sites (tertiary alicyclic amines) is 1. The van der Waals surface area contributed by atoms with Crippen LogP contribution in [0.4, 0.5) is 8.78 Å². The Bertz CT molecular complexity index is 1220. The van der Waals surface area contributed by atoms with Gasteiger partial charge in [-0.05, 0) is 61.1 Å². The molecule has 2 aromatic rings. The van der Waals surface area contributed by atoms with Gasteiger partial charge in [-0.15, -0.1) is 0 Å². The van der Waals surface area contributed by atoms with Crippen LogP contribution in [-0.4, -0.2) is 45.0 Å². The molecule has 1 aliphatic carbocycles. The van der Waals surface area contributed by atoms with E-state index in [1.54, 1.807) is 0 Å². The molecule has 0 spiro atoms. The predicted molar refractivity (Wildman–Crippen MR) is 137 cm³/mol. The van der Waals surface area contributed by atoms with Crippen LogP contribution in [0.1, 0.15) is 55.6 Å². The third kappa shape index (κ3) is 6.42. The number of halogens is 3. The van der Waals surface area contributed by atoms with Gasteiger partial charge < -0.3 is 15.4 Å². The Hall–Kier alpha value is -2.27. The van der Waals surface area contributed by atoms with Crippen molar-refractivity contribution in [1.82, 2.24) is 4.90 Å². The molecule has 4 rings (SSSR count). The minimum absolute atomic E-state index is 0.0919. The third-order valence-corrected chi connectivity index (χ3v) is 8.42. The third-order valence-electron chi connectivity index (χ3n) is 7.18. The highest BCUT2D eigenvalue weighted by Gasteiger charge is 2.50. The van der Waals surface area contributed by atoms with Crippen molar-refractivity contribution in [3.05, 3.63) is 58.6 Å². The number of rotatable bonds is 8. The maximum atomic E-state index is 16.2. The van der Waals surface area contributed by atoms with E-state index >= 15 is 8.78 Å². The molecule has 2 atom stereocenters. The van der Waals surface area contributed by atoms with E-state index in [2.05, 4.69) is 0 Å². The second-order valence-electron chi connectivity index (χ2n) is 9.96. The van der Waals surface area contributed by atoms with Gasteiger partial charge in [0.1, 0.15) is 11.7 Å². The van der Waals surface area contributed by atoms with Gasteiger partial charge >= 0.3 is 0 Å². The van der Waals surface area contributed by atoms with E-state index in [-0.39, 0.29) is 29.9 Å². The Morgan fingerprint density at radius 2 is 1.78 bits per heavy atom. The van der Waals surface area contributed by atoms with Gasteiger partial charge in [0.05, 0.1) is 11.5 Å². The molecular formula is C26H32ClF2N3O4S. The van der Waals surface area contributed by atoms with Crippen molar-refractivity contribution in [1.29, 1.82) is 0 Å². The second-order valence-corrected chi connectivity index (χ2v) is 11.9. The number of primary sulfonamides is 1. The van der Waals surface area contributed by atoms with Gasteiger partial charge in [0.25, 0.3) is 5.92 Å². The van der Waals surface area contributed by atoms with E-state index in [9.17, 15) is 13.2 Å². The van der Waals surface area contributed by atoms with E-state index in [0.29, 0.717) is 18.9 Å². The average molecular weight is 556 g/mol. The summed E-state index contributed by atoms with van der Waals surface area (Å²) in [5, 5.41) is 5.68. The van der Waals surface area contributed by atoms with Crippen LogP contribution < -0.4 is 15.6 Å². The van der Waals surface area contributed by atoms with Gasteiger partial charge in [0.2, 0.25) is 15.9 Å². The Morgan fingerprint density at radius 3 is 2.38 bits per heavy atom. The Balaban J connectivity index is 1.79. The van der Waals surface area contributed by atoms with Crippen molar-refractivity contribution < 1.29 is 26.7 Å². The summed E-state index contributed by atoms with van der Waals surface area (Å²) in [6, 6.07) is 8.22. The van der Waals surface area contributed by atoms with E-state index < -0.39 is 43.8 Å². The molecule has 2 aliphatic rings. The number of benzene rings is 2. The van der Waals surface area contributed by atoms with Gasteiger partial charge in [-0.3, -0.25) is 4.79 Å². The summed E-state index contributed by atoms with van der Waals surface area (Å²) in [6.45, 7) is 0.658. The molecule has 2 aromatic carbocycles. The van der Waals surface area contributed by atoms with Crippen LogP contribution in [0, 0.1) is 5.92 Å². The number of carbonyl (C=O) groups excluding carboxylic acids is 1. The fourth-order valence-electron chi connectivity index (χ4n) is 5.16. The van der Waals surface area contributed by atoms with Crippen LogP contribution in [0.3, 0.4) is 0 Å². The average Bonchev–Trinajstić information content (AvgIpc) is 3.29. The number of ether oxygens (including phenoxy) is 1. The SMILES string of the molecule is N[C@@H]1CCN(C(=O)[C@H](c2cc(OCC3CCCCC3)ccc2S(N)(=O)=O)C(F)(F)c2ccc(Cl)cc2)C1. The normalized spacial score (nSPS) is 20.1. The van der Waals surface area contributed by atoms with E-state index in [1.807, 2.05) is 0 Å². The molecule has 1 aliphatic heterocycles. The largest absolute Gasteiger partial charge is 0.493 e. The number of carbonyl (C=O) groups is 1. The van der Waals surface area contributed by atoms with Crippen molar-refractivity contribution in [3.63, 3.8) is 0 Å². The molecule has 7 nitrogen and oxygen atoms in total. The summed E-state index contributed by atoms with van der Waals surface area (Å²) in [7, 11) is -4.45. The molecule has 0 radical (unpaired) electrons. The lowest BCUT2D eigenvalue weighted by Crippen LogP contribution is -2.42. The maximum Gasteiger partial charge on any atom is 0.288 e. The van der Waals surface area contributed by atoms with Crippen molar-refractivity contribution in [2.45, 2.75) is 61.3 Å². The monoisotopic (exact) mass is 555 g/mol. The lowest BCUT2D eigenvalue weighted by molar-refractivity contribution is -0.143. The predicted octanol–water partition coefficient (Wildman–Crippen LogP) is 4.38. The quantitative estimate of drug-likeness (QED) is 0.501. The van der Waals surface area contributed by atoms with E-state index in [4.69, 9.17) is 27.2 Å². The number of nitrogens with zero attached hydrogens (tertiary/aromatic N) is 1. The first kappa shape index (κ1) is 27.8. The molecule has 2 fully saturated rings. The lowest BCUT2D eigenvalue weighted by Gasteiger charge is -2.31. The first-order valence-electron chi connectivity index (χ1n) is 12.4. The molecular weight excluding hydrogens is 524 g/mol. The minimum Gasteiger partial charge on any atom is -0.493 e. The molecule has 1 heterocycles. The van der Waals surface area contributed by atoms with Gasteiger partial charge in [-0.1, -0.05) is 43.0 Å². The van der Waals surface area contributed by atoms with Gasteiger partial charge in [-0.2, -0.15) is 0 Å². The summed E-state index contributed by atoms with van der Waals surface area (Å²) >= 11 is 5.90. The Labute approximate surface area is 221 Å². The highest BCUT2D eigenvalue weighted by molar-refractivity contribution is 7.89. The van der Waals surface area contributed by atoms with Crippen molar-refractivity contribution in [3.8, 4) is 5.75 Å². The Kier molecular flexibility index (Phi) is 8.42. The van der Waals surface area contributed by atoms with Crippen LogP contribution in [-0.2, 0) is 20.7 Å². The first-order chi connectivity index (χ1) is 17.5.